The number of hydrogen-bond acceptors (Lipinski definition) is 3. The summed E-state index contributed by atoms with van der Waals surface area (Å²) in [6, 6.07) is 21.8. The Morgan fingerprint density at radius 2 is 1.83 bits per heavy atom. The predicted molar refractivity (Wildman–Crippen MR) is 95.9 cm³/mol. The first-order chi connectivity index (χ1) is 11.4. The summed E-state index contributed by atoms with van der Waals surface area (Å²) in [5.74, 6) is 0. The first-order valence-corrected chi connectivity index (χ1v) is 8.26. The lowest BCUT2D eigenvalue weighted by atomic mass is 10.0. The fourth-order valence-electron chi connectivity index (χ4n) is 3.44. The molecular weight excluding hydrogens is 282 g/mol. The monoisotopic (exact) mass is 303 g/mol. The molecule has 23 heavy (non-hydrogen) atoms. The first kappa shape index (κ1) is 14.2. The Balaban J connectivity index is 1.57. The van der Waals surface area contributed by atoms with E-state index in [1.54, 1.807) is 0 Å². The number of para-hydroxylation sites is 1. The Morgan fingerprint density at radius 3 is 2.74 bits per heavy atom. The molecule has 0 saturated carbocycles. The molecule has 116 valence electrons. The van der Waals surface area contributed by atoms with E-state index in [0.717, 1.165) is 31.6 Å². The minimum absolute atomic E-state index is 0.484. The van der Waals surface area contributed by atoms with Crippen molar-refractivity contribution in [3.8, 4) is 0 Å². The van der Waals surface area contributed by atoms with E-state index in [4.69, 9.17) is 0 Å². The SMILES string of the molecule is c1ccc(CC2CN(c3ccnc4ccccc34)CCN2)cc1. The lowest BCUT2D eigenvalue weighted by Gasteiger charge is -2.36. The Morgan fingerprint density at radius 1 is 1.00 bits per heavy atom. The largest absolute Gasteiger partial charge is 0.368 e. The van der Waals surface area contributed by atoms with Crippen LogP contribution in [0.1, 0.15) is 5.56 Å². The minimum Gasteiger partial charge on any atom is -0.368 e. The van der Waals surface area contributed by atoms with E-state index in [0.29, 0.717) is 6.04 Å². The van der Waals surface area contributed by atoms with Crippen molar-refractivity contribution in [3.63, 3.8) is 0 Å². The first-order valence-electron chi connectivity index (χ1n) is 8.26. The fraction of sp³-hybridized carbons (Fsp3) is 0.250. The van der Waals surface area contributed by atoms with Gasteiger partial charge in [-0.3, -0.25) is 4.98 Å². The van der Waals surface area contributed by atoms with Gasteiger partial charge in [0.25, 0.3) is 0 Å². The van der Waals surface area contributed by atoms with Crippen molar-refractivity contribution in [3.05, 3.63) is 72.4 Å². The predicted octanol–water partition coefficient (Wildman–Crippen LogP) is 3.26. The molecule has 1 aromatic heterocycles. The Labute approximate surface area is 137 Å². The summed E-state index contributed by atoms with van der Waals surface area (Å²) in [6.07, 6.45) is 2.99. The van der Waals surface area contributed by atoms with Crippen molar-refractivity contribution in [2.24, 2.45) is 0 Å². The number of fused-ring (bicyclic) bond motifs is 1. The smallest absolute Gasteiger partial charge is 0.0722 e. The number of nitrogens with zero attached hydrogens (tertiary/aromatic N) is 2. The lowest BCUT2D eigenvalue weighted by molar-refractivity contribution is 0.455. The Hall–Kier alpha value is -2.39. The molecule has 4 rings (SSSR count). The van der Waals surface area contributed by atoms with Crippen LogP contribution < -0.4 is 10.2 Å². The van der Waals surface area contributed by atoms with Gasteiger partial charge in [-0.2, -0.15) is 0 Å². The quantitative estimate of drug-likeness (QED) is 0.805. The van der Waals surface area contributed by atoms with Crippen LogP contribution in [0, 0.1) is 0 Å². The maximum absolute atomic E-state index is 4.48. The van der Waals surface area contributed by atoms with Gasteiger partial charge in [0.2, 0.25) is 0 Å². The van der Waals surface area contributed by atoms with E-state index in [1.165, 1.54) is 16.6 Å². The summed E-state index contributed by atoms with van der Waals surface area (Å²) < 4.78 is 0. The molecule has 0 spiro atoms. The average molecular weight is 303 g/mol. The molecule has 1 N–H and O–H groups in total. The zero-order valence-corrected chi connectivity index (χ0v) is 13.2. The molecule has 1 fully saturated rings. The molecule has 3 heteroatoms. The highest BCUT2D eigenvalue weighted by atomic mass is 15.2. The van der Waals surface area contributed by atoms with Crippen molar-refractivity contribution in [2.45, 2.75) is 12.5 Å². The third-order valence-corrected chi connectivity index (χ3v) is 4.55. The molecule has 1 aliphatic heterocycles. The molecule has 1 saturated heterocycles. The summed E-state index contributed by atoms with van der Waals surface area (Å²) in [5, 5.41) is 4.90. The second kappa shape index (κ2) is 6.39. The van der Waals surface area contributed by atoms with Crippen molar-refractivity contribution >= 4 is 16.6 Å². The number of benzene rings is 2. The summed E-state index contributed by atoms with van der Waals surface area (Å²) in [5.41, 5.74) is 3.77. The van der Waals surface area contributed by atoms with Gasteiger partial charge in [0, 0.05) is 42.9 Å². The Bertz CT molecular complexity index is 780. The second-order valence-corrected chi connectivity index (χ2v) is 6.13. The third kappa shape index (κ3) is 3.06. The Kier molecular flexibility index (Phi) is 3.95. The molecule has 1 aliphatic rings. The lowest BCUT2D eigenvalue weighted by Crippen LogP contribution is -2.51. The van der Waals surface area contributed by atoms with Gasteiger partial charge < -0.3 is 10.2 Å². The topological polar surface area (TPSA) is 28.2 Å². The van der Waals surface area contributed by atoms with Crippen LogP contribution >= 0.6 is 0 Å². The van der Waals surface area contributed by atoms with Gasteiger partial charge >= 0.3 is 0 Å². The van der Waals surface area contributed by atoms with Crippen LogP contribution in [0.2, 0.25) is 0 Å². The zero-order valence-electron chi connectivity index (χ0n) is 13.2. The fourth-order valence-corrected chi connectivity index (χ4v) is 3.44. The molecule has 0 amide bonds. The maximum Gasteiger partial charge on any atom is 0.0722 e. The molecule has 2 heterocycles. The summed E-state index contributed by atoms with van der Waals surface area (Å²) in [4.78, 5) is 6.98. The highest BCUT2D eigenvalue weighted by Crippen LogP contribution is 2.26. The van der Waals surface area contributed by atoms with E-state index in [-0.39, 0.29) is 0 Å². The van der Waals surface area contributed by atoms with E-state index in [2.05, 4.69) is 75.9 Å². The molecule has 1 atom stereocenters. The average Bonchev–Trinajstić information content (AvgIpc) is 2.62. The molecule has 2 aromatic carbocycles. The molecule has 3 aromatic rings. The number of pyridine rings is 1. The summed E-state index contributed by atoms with van der Waals surface area (Å²) >= 11 is 0. The molecule has 0 bridgehead atoms. The molecular formula is C20H21N3. The summed E-state index contributed by atoms with van der Waals surface area (Å²) in [6.45, 7) is 3.09. The number of piperazine rings is 1. The van der Waals surface area contributed by atoms with Crippen LogP contribution in [-0.4, -0.2) is 30.7 Å². The van der Waals surface area contributed by atoms with Gasteiger partial charge in [0.15, 0.2) is 0 Å². The van der Waals surface area contributed by atoms with Crippen molar-refractivity contribution in [1.29, 1.82) is 0 Å². The van der Waals surface area contributed by atoms with E-state index in [9.17, 15) is 0 Å². The molecule has 0 radical (unpaired) electrons. The second-order valence-electron chi connectivity index (χ2n) is 6.13. The van der Waals surface area contributed by atoms with Crippen LogP contribution in [0.15, 0.2) is 66.9 Å². The number of rotatable bonds is 3. The molecule has 1 unspecified atom stereocenters. The zero-order chi connectivity index (χ0) is 15.5. The van der Waals surface area contributed by atoms with Crippen molar-refractivity contribution in [1.82, 2.24) is 10.3 Å². The normalized spacial score (nSPS) is 18.3. The van der Waals surface area contributed by atoms with Crippen molar-refractivity contribution in [2.75, 3.05) is 24.5 Å². The van der Waals surface area contributed by atoms with Gasteiger partial charge in [0.05, 0.1) is 5.52 Å². The number of hydrogen-bond donors (Lipinski definition) is 1. The standard InChI is InChI=1S/C20H21N3/c1-2-6-16(7-3-1)14-17-15-23(13-12-21-17)20-10-11-22-19-9-5-4-8-18(19)20/h1-11,17,21H,12-15H2. The van der Waals surface area contributed by atoms with Gasteiger partial charge in [-0.25, -0.2) is 0 Å². The van der Waals surface area contributed by atoms with Crippen molar-refractivity contribution < 1.29 is 0 Å². The third-order valence-electron chi connectivity index (χ3n) is 4.55. The number of nitrogens with one attached hydrogen (secondary N) is 1. The van der Waals surface area contributed by atoms with Crippen LogP contribution in [-0.2, 0) is 6.42 Å². The van der Waals surface area contributed by atoms with Gasteiger partial charge in [-0.15, -0.1) is 0 Å². The highest BCUT2D eigenvalue weighted by molar-refractivity contribution is 5.91. The molecule has 3 nitrogen and oxygen atoms in total. The van der Waals surface area contributed by atoms with E-state index >= 15 is 0 Å². The van der Waals surface area contributed by atoms with Gasteiger partial charge in [0.1, 0.15) is 0 Å². The van der Waals surface area contributed by atoms with Crippen LogP contribution in [0.25, 0.3) is 10.9 Å². The van der Waals surface area contributed by atoms with Crippen LogP contribution in [0.5, 0.6) is 0 Å². The summed E-state index contributed by atoms with van der Waals surface area (Å²) in [7, 11) is 0. The number of anilines is 1. The van der Waals surface area contributed by atoms with Crippen LogP contribution in [0.3, 0.4) is 0 Å². The minimum atomic E-state index is 0.484. The molecule has 0 aliphatic carbocycles. The maximum atomic E-state index is 4.48. The van der Waals surface area contributed by atoms with E-state index < -0.39 is 0 Å². The van der Waals surface area contributed by atoms with Crippen LogP contribution in [0.4, 0.5) is 5.69 Å². The number of aromatic nitrogens is 1. The van der Waals surface area contributed by atoms with Gasteiger partial charge in [-0.1, -0.05) is 48.5 Å². The highest BCUT2D eigenvalue weighted by Gasteiger charge is 2.21. The van der Waals surface area contributed by atoms with Gasteiger partial charge in [-0.05, 0) is 24.1 Å². The van der Waals surface area contributed by atoms with E-state index in [1.807, 2.05) is 6.20 Å².